The fraction of sp³-hybridized carbons (Fsp3) is 0.542. The van der Waals surface area contributed by atoms with Crippen molar-refractivity contribution < 1.29 is 24.2 Å². The second-order valence-electron chi connectivity index (χ2n) is 9.74. The molecule has 0 unspecified atom stereocenters. The van der Waals surface area contributed by atoms with Crippen LogP contribution in [0.1, 0.15) is 62.9 Å². The summed E-state index contributed by atoms with van der Waals surface area (Å²) in [6.07, 6.45) is 5.34. The molecule has 8 heteroatoms. The fourth-order valence-corrected chi connectivity index (χ4v) is 5.99. The normalized spacial score (nSPS) is 25.1. The third-order valence-electron chi connectivity index (χ3n) is 7.37. The van der Waals surface area contributed by atoms with Crippen molar-refractivity contribution in [3.63, 3.8) is 0 Å². The molecule has 3 heterocycles. The van der Waals surface area contributed by atoms with Crippen molar-refractivity contribution in [2.45, 2.75) is 64.1 Å². The van der Waals surface area contributed by atoms with Crippen molar-refractivity contribution in [1.82, 2.24) is 9.47 Å². The molecule has 2 fully saturated rings. The number of carbonyl (C=O) groups excluding carboxylic acids is 2. The Morgan fingerprint density at radius 3 is 2.59 bits per heavy atom. The molecule has 170 valence electrons. The maximum Gasteiger partial charge on any atom is 0.407 e. The first-order valence-corrected chi connectivity index (χ1v) is 11.5. The van der Waals surface area contributed by atoms with Crippen LogP contribution in [0.25, 0.3) is 10.9 Å². The van der Waals surface area contributed by atoms with Crippen molar-refractivity contribution in [2.75, 3.05) is 11.9 Å². The molecule has 0 radical (unpaired) electrons. The van der Waals surface area contributed by atoms with Gasteiger partial charge < -0.3 is 15.2 Å². The number of aromatic nitrogens is 1. The number of carboxylic acid groups (broad SMARTS) is 1. The molecular weight excluding hydrogens is 410 g/mol. The SMILES string of the molecule is CC1(C)OC(=O)c2cc3cc(NC(=O)[C@@H]4[C@H](C5CCCCC5)CCN4C(=O)O)ccc3n21. The molecule has 2 amide bonds. The quantitative estimate of drug-likeness (QED) is 0.691. The van der Waals surface area contributed by atoms with E-state index >= 15 is 0 Å². The first-order chi connectivity index (χ1) is 15.3. The molecule has 8 nitrogen and oxygen atoms in total. The van der Waals surface area contributed by atoms with Crippen LogP contribution >= 0.6 is 0 Å². The van der Waals surface area contributed by atoms with Gasteiger partial charge in [0.15, 0.2) is 5.72 Å². The zero-order valence-corrected chi connectivity index (χ0v) is 18.5. The summed E-state index contributed by atoms with van der Waals surface area (Å²) in [6, 6.07) is 6.59. The highest BCUT2D eigenvalue weighted by atomic mass is 16.6. The molecule has 3 aliphatic rings. The van der Waals surface area contributed by atoms with Crippen LogP contribution in [-0.2, 0) is 15.3 Å². The lowest BCUT2D eigenvalue weighted by atomic mass is 9.76. The maximum atomic E-state index is 13.3. The number of benzene rings is 1. The number of carbonyl (C=O) groups is 3. The minimum atomic E-state index is -1.04. The number of rotatable bonds is 3. The molecule has 2 atom stereocenters. The van der Waals surface area contributed by atoms with E-state index in [4.69, 9.17) is 4.74 Å². The second kappa shape index (κ2) is 7.53. The summed E-state index contributed by atoms with van der Waals surface area (Å²) in [4.78, 5) is 38.7. The minimum absolute atomic E-state index is 0.0592. The first-order valence-electron chi connectivity index (χ1n) is 11.5. The van der Waals surface area contributed by atoms with Crippen LogP contribution in [0.4, 0.5) is 10.5 Å². The van der Waals surface area contributed by atoms with E-state index in [0.29, 0.717) is 23.8 Å². The number of ether oxygens (including phenoxy) is 1. The smallest absolute Gasteiger partial charge is 0.407 e. The van der Waals surface area contributed by atoms with E-state index in [1.807, 2.05) is 30.5 Å². The number of esters is 1. The Balaban J connectivity index is 1.41. The third-order valence-corrected chi connectivity index (χ3v) is 7.37. The predicted molar refractivity (Wildman–Crippen MR) is 119 cm³/mol. The lowest BCUT2D eigenvalue weighted by Crippen LogP contribution is -2.47. The highest BCUT2D eigenvalue weighted by molar-refractivity contribution is 6.01. The molecule has 32 heavy (non-hydrogen) atoms. The van der Waals surface area contributed by atoms with E-state index in [1.54, 1.807) is 12.1 Å². The van der Waals surface area contributed by atoms with Crippen LogP contribution < -0.4 is 5.32 Å². The molecule has 2 aromatic rings. The molecule has 1 aromatic heterocycles. The van der Waals surface area contributed by atoms with Gasteiger partial charge in [0.1, 0.15) is 11.7 Å². The van der Waals surface area contributed by atoms with E-state index in [9.17, 15) is 19.5 Å². The number of likely N-dealkylation sites (tertiary alicyclic amines) is 1. The Hall–Kier alpha value is -3.03. The number of anilines is 1. The highest BCUT2D eigenvalue weighted by Crippen LogP contribution is 2.40. The monoisotopic (exact) mass is 439 g/mol. The van der Waals surface area contributed by atoms with E-state index in [-0.39, 0.29) is 17.8 Å². The van der Waals surface area contributed by atoms with Crippen LogP contribution in [0.15, 0.2) is 24.3 Å². The van der Waals surface area contributed by atoms with Crippen LogP contribution in [0.2, 0.25) is 0 Å². The lowest BCUT2D eigenvalue weighted by Gasteiger charge is -2.32. The van der Waals surface area contributed by atoms with Crippen LogP contribution in [0.5, 0.6) is 0 Å². The summed E-state index contributed by atoms with van der Waals surface area (Å²) < 4.78 is 7.29. The fourth-order valence-electron chi connectivity index (χ4n) is 5.99. The third kappa shape index (κ3) is 3.32. The molecular formula is C24H29N3O5. The number of amides is 2. The molecule has 1 aliphatic carbocycles. The Kier molecular flexibility index (Phi) is 4.91. The van der Waals surface area contributed by atoms with Crippen LogP contribution in [0.3, 0.4) is 0 Å². The number of hydrogen-bond donors (Lipinski definition) is 2. The van der Waals surface area contributed by atoms with Crippen molar-refractivity contribution in [3.8, 4) is 0 Å². The molecule has 5 rings (SSSR count). The molecule has 2 N–H and O–H groups in total. The number of cyclic esters (lactones) is 1. The minimum Gasteiger partial charge on any atom is -0.465 e. The van der Waals surface area contributed by atoms with E-state index in [0.717, 1.165) is 43.0 Å². The summed E-state index contributed by atoms with van der Waals surface area (Å²) in [5.74, 6) is -0.181. The van der Waals surface area contributed by atoms with Crippen molar-refractivity contribution >= 4 is 34.6 Å². The predicted octanol–water partition coefficient (Wildman–Crippen LogP) is 4.39. The van der Waals surface area contributed by atoms with Gasteiger partial charge in [0, 0.05) is 17.6 Å². The summed E-state index contributed by atoms with van der Waals surface area (Å²) in [6.45, 7) is 4.07. The standard InChI is InChI=1S/C24H29N3O5/c1-24(2)27-18-9-8-16(12-15(18)13-19(27)22(29)32-24)25-21(28)20-17(10-11-26(20)23(30)31)14-6-4-3-5-7-14/h8-9,12-14,17,20H,3-7,10-11H2,1-2H3,(H,25,28)(H,30,31)/t17-,20-/m0/s1. The Bertz CT molecular complexity index is 1100. The largest absolute Gasteiger partial charge is 0.465 e. The van der Waals surface area contributed by atoms with E-state index in [1.165, 1.54) is 11.3 Å². The number of hydrogen-bond acceptors (Lipinski definition) is 4. The van der Waals surface area contributed by atoms with Gasteiger partial charge in [0.25, 0.3) is 0 Å². The maximum absolute atomic E-state index is 13.3. The van der Waals surface area contributed by atoms with Gasteiger partial charge >= 0.3 is 12.1 Å². The summed E-state index contributed by atoms with van der Waals surface area (Å²) >= 11 is 0. The van der Waals surface area contributed by atoms with Gasteiger partial charge in [-0.05, 0) is 56.4 Å². The summed E-state index contributed by atoms with van der Waals surface area (Å²) in [5.41, 5.74) is 1.16. The number of fused-ring (bicyclic) bond motifs is 3. The topological polar surface area (TPSA) is 101 Å². The zero-order valence-electron chi connectivity index (χ0n) is 18.5. The van der Waals surface area contributed by atoms with E-state index in [2.05, 4.69) is 5.32 Å². The van der Waals surface area contributed by atoms with E-state index < -0.39 is 17.9 Å². The van der Waals surface area contributed by atoms with Crippen LogP contribution in [0, 0.1) is 11.8 Å². The summed E-state index contributed by atoms with van der Waals surface area (Å²) in [5, 5.41) is 13.5. The first kappa shape index (κ1) is 20.8. The molecule has 0 spiro atoms. The van der Waals surface area contributed by atoms with Crippen LogP contribution in [-0.4, -0.2) is 45.1 Å². The molecule has 1 saturated carbocycles. The number of nitrogens with one attached hydrogen (secondary N) is 1. The molecule has 2 aliphatic heterocycles. The zero-order chi connectivity index (χ0) is 22.6. The Morgan fingerprint density at radius 1 is 1.12 bits per heavy atom. The molecule has 0 bridgehead atoms. The van der Waals surface area contributed by atoms with Gasteiger partial charge in [-0.15, -0.1) is 0 Å². The van der Waals surface area contributed by atoms with Gasteiger partial charge in [0.2, 0.25) is 5.91 Å². The molecule has 1 aromatic carbocycles. The van der Waals surface area contributed by atoms with Crippen molar-refractivity contribution in [1.29, 1.82) is 0 Å². The van der Waals surface area contributed by atoms with Crippen molar-refractivity contribution in [3.05, 3.63) is 30.0 Å². The Morgan fingerprint density at radius 2 is 1.88 bits per heavy atom. The van der Waals surface area contributed by atoms with Gasteiger partial charge in [-0.2, -0.15) is 0 Å². The molecule has 1 saturated heterocycles. The van der Waals surface area contributed by atoms with Gasteiger partial charge in [0.05, 0.1) is 5.52 Å². The van der Waals surface area contributed by atoms with Gasteiger partial charge in [-0.1, -0.05) is 32.1 Å². The van der Waals surface area contributed by atoms with Crippen molar-refractivity contribution in [2.24, 2.45) is 11.8 Å². The summed E-state index contributed by atoms with van der Waals surface area (Å²) in [7, 11) is 0. The average Bonchev–Trinajstić information content (AvgIpc) is 3.41. The van der Waals surface area contributed by atoms with Gasteiger partial charge in [-0.25, -0.2) is 9.59 Å². The number of nitrogens with zero attached hydrogens (tertiary/aromatic N) is 2. The second-order valence-corrected chi connectivity index (χ2v) is 9.74. The highest BCUT2D eigenvalue weighted by Gasteiger charge is 2.45. The van der Waals surface area contributed by atoms with Gasteiger partial charge in [-0.3, -0.25) is 14.3 Å². The lowest BCUT2D eigenvalue weighted by molar-refractivity contribution is -0.121. The average molecular weight is 440 g/mol. The Labute approximate surface area is 186 Å².